The van der Waals surface area contributed by atoms with Gasteiger partial charge < -0.3 is 15.0 Å². The van der Waals surface area contributed by atoms with Crippen LogP contribution in [0.25, 0.3) is 16.8 Å². The second kappa shape index (κ2) is 9.74. The van der Waals surface area contributed by atoms with Gasteiger partial charge in [0, 0.05) is 31.0 Å². The minimum atomic E-state index is -0.286. The lowest BCUT2D eigenvalue weighted by molar-refractivity contribution is -0.125. The number of hydrogen-bond donors (Lipinski definition) is 1. The van der Waals surface area contributed by atoms with E-state index in [4.69, 9.17) is 9.84 Å². The third-order valence-corrected chi connectivity index (χ3v) is 6.56. The number of fused-ring (bicyclic) bond motifs is 1. The van der Waals surface area contributed by atoms with Crippen molar-refractivity contribution in [2.24, 2.45) is 5.92 Å². The lowest BCUT2D eigenvalue weighted by atomic mass is 9.96. The number of carbonyl (C=O) groups is 1. The van der Waals surface area contributed by atoms with E-state index in [0.29, 0.717) is 6.54 Å². The summed E-state index contributed by atoms with van der Waals surface area (Å²) in [7, 11) is 1.65. The van der Waals surface area contributed by atoms with Gasteiger partial charge in [0.1, 0.15) is 17.1 Å². The average molecular weight is 474 g/mol. The Morgan fingerprint density at radius 2 is 2.03 bits per heavy atom. The Morgan fingerprint density at radius 3 is 2.83 bits per heavy atom. The Balaban J connectivity index is 1.34. The topological polar surface area (TPSA) is 71.8 Å². The van der Waals surface area contributed by atoms with E-state index in [2.05, 4.69) is 15.2 Å². The van der Waals surface area contributed by atoms with Gasteiger partial charge in [-0.25, -0.2) is 13.9 Å². The summed E-state index contributed by atoms with van der Waals surface area (Å²) in [5.74, 6) is 1.15. The summed E-state index contributed by atoms with van der Waals surface area (Å²) >= 11 is 0. The van der Waals surface area contributed by atoms with Gasteiger partial charge in [-0.05, 0) is 55.7 Å². The number of ether oxygens (including phenoxy) is 1. The second-order valence-corrected chi connectivity index (χ2v) is 8.91. The summed E-state index contributed by atoms with van der Waals surface area (Å²) in [5.41, 5.74) is 3.57. The van der Waals surface area contributed by atoms with Gasteiger partial charge in [-0.1, -0.05) is 24.3 Å². The number of aromatic nitrogens is 3. The van der Waals surface area contributed by atoms with E-state index >= 15 is 0 Å². The highest BCUT2D eigenvalue weighted by Crippen LogP contribution is 2.30. The van der Waals surface area contributed by atoms with Crippen molar-refractivity contribution in [2.75, 3.05) is 25.1 Å². The predicted octanol–water partition coefficient (Wildman–Crippen LogP) is 4.64. The molecule has 2 aromatic carbocycles. The normalized spacial score (nSPS) is 16.8. The summed E-state index contributed by atoms with van der Waals surface area (Å²) in [4.78, 5) is 19.9. The number of amides is 1. The number of nitrogens with one attached hydrogen (secondary N) is 1. The fraction of sp³-hybridized carbons (Fsp3) is 0.296. The smallest absolute Gasteiger partial charge is 0.225 e. The molecule has 1 N–H and O–H groups in total. The van der Waals surface area contributed by atoms with Crippen LogP contribution in [0.5, 0.6) is 5.75 Å². The molecule has 0 radical (unpaired) electrons. The van der Waals surface area contributed by atoms with Crippen LogP contribution >= 0.6 is 0 Å². The molecule has 1 aliphatic heterocycles. The molecule has 4 aromatic rings. The zero-order valence-corrected chi connectivity index (χ0v) is 19.8. The highest BCUT2D eigenvalue weighted by Gasteiger charge is 2.28. The Kier molecular flexibility index (Phi) is 6.35. The third-order valence-electron chi connectivity index (χ3n) is 6.56. The number of methoxy groups -OCH3 is 1. The molecule has 0 unspecified atom stereocenters. The van der Waals surface area contributed by atoms with Crippen molar-refractivity contribution in [1.29, 1.82) is 0 Å². The van der Waals surface area contributed by atoms with Crippen LogP contribution in [0, 0.1) is 11.7 Å². The van der Waals surface area contributed by atoms with E-state index < -0.39 is 0 Å². The van der Waals surface area contributed by atoms with Gasteiger partial charge in [-0.2, -0.15) is 5.10 Å². The summed E-state index contributed by atoms with van der Waals surface area (Å²) < 4.78 is 20.4. The van der Waals surface area contributed by atoms with Crippen molar-refractivity contribution in [3.63, 3.8) is 0 Å². The minimum absolute atomic E-state index is 0.00375. The summed E-state index contributed by atoms with van der Waals surface area (Å²) in [5, 5.41) is 7.83. The molecule has 7 nitrogen and oxygen atoms in total. The molecular weight excluding hydrogens is 445 g/mol. The molecule has 0 aliphatic carbocycles. The van der Waals surface area contributed by atoms with E-state index in [1.54, 1.807) is 25.4 Å². The van der Waals surface area contributed by atoms with E-state index in [9.17, 15) is 9.18 Å². The van der Waals surface area contributed by atoms with Gasteiger partial charge in [-0.3, -0.25) is 4.79 Å². The van der Waals surface area contributed by atoms with Gasteiger partial charge in [0.05, 0.1) is 24.8 Å². The molecular formula is C27H28FN5O2. The predicted molar refractivity (Wildman–Crippen MR) is 133 cm³/mol. The van der Waals surface area contributed by atoms with Crippen molar-refractivity contribution in [1.82, 2.24) is 19.9 Å². The van der Waals surface area contributed by atoms with E-state index in [1.165, 1.54) is 12.1 Å². The first kappa shape index (κ1) is 22.8. The van der Waals surface area contributed by atoms with Crippen LogP contribution in [-0.4, -0.2) is 40.7 Å². The standard InChI is InChI=1S/C27H28FN5O2/c1-18(19-8-10-22(28)11-9-19)30-27(34)21-6-4-13-32(17-21)26-25-16-24(31-33(25)14-12-29-26)20-5-3-7-23(15-20)35-2/h3,5,7-12,14-16,18,21H,4,6,13,17H2,1-2H3,(H,30,34)/t18-,21+/m1/s1. The molecule has 1 amide bonds. The first-order chi connectivity index (χ1) is 17.0. The Morgan fingerprint density at radius 1 is 1.20 bits per heavy atom. The van der Waals surface area contributed by atoms with Crippen LogP contribution in [0.3, 0.4) is 0 Å². The molecule has 0 saturated carbocycles. The Hall–Kier alpha value is -3.94. The highest BCUT2D eigenvalue weighted by molar-refractivity contribution is 5.81. The lowest BCUT2D eigenvalue weighted by Gasteiger charge is -2.33. The van der Waals surface area contributed by atoms with Gasteiger partial charge >= 0.3 is 0 Å². The Bertz CT molecular complexity index is 1340. The van der Waals surface area contributed by atoms with Crippen LogP contribution in [0.2, 0.25) is 0 Å². The van der Waals surface area contributed by atoms with E-state index in [0.717, 1.165) is 53.3 Å². The molecule has 8 heteroatoms. The monoisotopic (exact) mass is 473 g/mol. The lowest BCUT2D eigenvalue weighted by Crippen LogP contribution is -2.44. The number of rotatable bonds is 6. The molecule has 1 fully saturated rings. The summed E-state index contributed by atoms with van der Waals surface area (Å²) in [6.07, 6.45) is 5.28. The van der Waals surface area contributed by atoms with Crippen molar-refractivity contribution >= 4 is 17.2 Å². The number of halogens is 1. The van der Waals surface area contributed by atoms with Crippen molar-refractivity contribution in [2.45, 2.75) is 25.8 Å². The van der Waals surface area contributed by atoms with Crippen LogP contribution in [0.1, 0.15) is 31.4 Å². The van der Waals surface area contributed by atoms with Gasteiger partial charge in [0.2, 0.25) is 5.91 Å². The molecule has 0 bridgehead atoms. The molecule has 3 heterocycles. The number of piperidine rings is 1. The highest BCUT2D eigenvalue weighted by atomic mass is 19.1. The van der Waals surface area contributed by atoms with Gasteiger partial charge in [-0.15, -0.1) is 0 Å². The van der Waals surface area contributed by atoms with E-state index in [-0.39, 0.29) is 23.7 Å². The number of anilines is 1. The quantitative estimate of drug-likeness (QED) is 0.442. The number of benzene rings is 2. The molecule has 35 heavy (non-hydrogen) atoms. The van der Waals surface area contributed by atoms with Gasteiger partial charge in [0.25, 0.3) is 0 Å². The summed E-state index contributed by atoms with van der Waals surface area (Å²) in [6, 6.07) is 15.9. The zero-order valence-electron chi connectivity index (χ0n) is 19.8. The summed E-state index contributed by atoms with van der Waals surface area (Å²) in [6.45, 7) is 3.32. The van der Waals surface area contributed by atoms with Crippen LogP contribution < -0.4 is 15.0 Å². The third kappa shape index (κ3) is 4.82. The second-order valence-electron chi connectivity index (χ2n) is 8.91. The molecule has 1 aliphatic rings. The number of hydrogen-bond acceptors (Lipinski definition) is 5. The molecule has 2 atom stereocenters. The van der Waals surface area contributed by atoms with Crippen molar-refractivity contribution in [3.8, 4) is 17.0 Å². The van der Waals surface area contributed by atoms with Gasteiger partial charge in [0.15, 0.2) is 5.82 Å². The van der Waals surface area contributed by atoms with Crippen LogP contribution in [0.4, 0.5) is 10.2 Å². The van der Waals surface area contributed by atoms with E-state index in [1.807, 2.05) is 48.0 Å². The molecule has 1 saturated heterocycles. The van der Waals surface area contributed by atoms with Crippen LogP contribution in [-0.2, 0) is 4.79 Å². The Labute approximate surface area is 203 Å². The largest absolute Gasteiger partial charge is 0.497 e. The first-order valence-electron chi connectivity index (χ1n) is 11.8. The zero-order chi connectivity index (χ0) is 24.4. The fourth-order valence-corrected chi connectivity index (χ4v) is 4.62. The molecule has 5 rings (SSSR count). The molecule has 2 aromatic heterocycles. The molecule has 0 spiro atoms. The average Bonchev–Trinajstić information content (AvgIpc) is 3.34. The SMILES string of the molecule is COc1cccc(-c2cc3c(N4CCC[C@H](C(=O)N[C@H](C)c5ccc(F)cc5)C4)nccn3n2)c1. The maximum absolute atomic E-state index is 13.2. The number of carbonyl (C=O) groups excluding carboxylic acids is 1. The minimum Gasteiger partial charge on any atom is -0.497 e. The first-order valence-corrected chi connectivity index (χ1v) is 11.8. The van der Waals surface area contributed by atoms with Crippen molar-refractivity contribution in [3.05, 3.63) is 78.4 Å². The number of nitrogens with zero attached hydrogens (tertiary/aromatic N) is 4. The maximum atomic E-state index is 13.2. The molecule has 180 valence electrons. The maximum Gasteiger partial charge on any atom is 0.225 e. The van der Waals surface area contributed by atoms with Crippen LogP contribution in [0.15, 0.2) is 67.0 Å². The fourth-order valence-electron chi connectivity index (χ4n) is 4.62. The van der Waals surface area contributed by atoms with Crippen molar-refractivity contribution < 1.29 is 13.9 Å².